The molecule has 0 fully saturated rings. The molecule has 18 heavy (non-hydrogen) atoms. The number of hydrogen-bond acceptors (Lipinski definition) is 3. The Bertz CT molecular complexity index is 486. The van der Waals surface area contributed by atoms with Gasteiger partial charge < -0.3 is 5.32 Å². The van der Waals surface area contributed by atoms with Crippen molar-refractivity contribution >= 4 is 28.9 Å². The quantitative estimate of drug-likeness (QED) is 0.519. The largest absolute Gasteiger partial charge is 0.325 e. The molecule has 1 aromatic carbocycles. The number of benzene rings is 1. The number of carbonyl (C=O) groups excluding carboxylic acids is 1. The Morgan fingerprint density at radius 2 is 2.11 bits per heavy atom. The van der Waals surface area contributed by atoms with Crippen LogP contribution in [0.4, 0.5) is 11.4 Å². The van der Waals surface area contributed by atoms with Gasteiger partial charge in [-0.25, -0.2) is 0 Å². The second-order valence-corrected chi connectivity index (χ2v) is 5.00. The van der Waals surface area contributed by atoms with Crippen LogP contribution in [0, 0.1) is 22.5 Å². The van der Waals surface area contributed by atoms with Crippen molar-refractivity contribution in [3.63, 3.8) is 0 Å². The van der Waals surface area contributed by atoms with Crippen molar-refractivity contribution < 1.29 is 9.72 Å². The Balaban J connectivity index is 2.96. The van der Waals surface area contributed by atoms with E-state index in [1.54, 1.807) is 32.9 Å². The van der Waals surface area contributed by atoms with E-state index < -0.39 is 10.3 Å². The summed E-state index contributed by atoms with van der Waals surface area (Å²) in [4.78, 5) is 22.2. The van der Waals surface area contributed by atoms with Crippen LogP contribution in [0.3, 0.4) is 0 Å². The third kappa shape index (κ3) is 3.20. The van der Waals surface area contributed by atoms with E-state index in [2.05, 4.69) is 5.32 Å². The Kier molecular flexibility index (Phi) is 4.29. The van der Waals surface area contributed by atoms with E-state index in [-0.39, 0.29) is 17.5 Å². The summed E-state index contributed by atoms with van der Waals surface area (Å²) >= 11 is 5.69. The third-order valence-electron chi connectivity index (χ3n) is 2.61. The molecule has 1 rings (SSSR count). The van der Waals surface area contributed by atoms with Crippen molar-refractivity contribution in [2.45, 2.75) is 20.8 Å². The summed E-state index contributed by atoms with van der Waals surface area (Å²) < 4.78 is 0. The zero-order valence-corrected chi connectivity index (χ0v) is 11.2. The smallest absolute Gasteiger partial charge is 0.274 e. The lowest BCUT2D eigenvalue weighted by Crippen LogP contribution is -2.32. The monoisotopic (exact) mass is 270 g/mol. The summed E-state index contributed by atoms with van der Waals surface area (Å²) in [7, 11) is 0. The zero-order valence-electron chi connectivity index (χ0n) is 10.5. The number of rotatable bonds is 4. The van der Waals surface area contributed by atoms with E-state index >= 15 is 0 Å². The van der Waals surface area contributed by atoms with Gasteiger partial charge in [-0.2, -0.15) is 0 Å². The molecule has 98 valence electrons. The molecule has 6 heteroatoms. The topological polar surface area (TPSA) is 72.2 Å². The van der Waals surface area contributed by atoms with Gasteiger partial charge in [-0.05, 0) is 26.8 Å². The highest BCUT2D eigenvalue weighted by molar-refractivity contribution is 6.20. The lowest BCUT2D eigenvalue weighted by molar-refractivity contribution is -0.385. The van der Waals surface area contributed by atoms with Crippen LogP contribution < -0.4 is 5.32 Å². The van der Waals surface area contributed by atoms with E-state index in [0.29, 0.717) is 11.3 Å². The molecule has 0 atom stereocenters. The van der Waals surface area contributed by atoms with Crippen LogP contribution in [-0.4, -0.2) is 16.7 Å². The van der Waals surface area contributed by atoms with Gasteiger partial charge in [-0.3, -0.25) is 14.9 Å². The van der Waals surface area contributed by atoms with Gasteiger partial charge in [-0.1, -0.05) is 6.07 Å². The average Bonchev–Trinajstić information content (AvgIpc) is 2.31. The minimum atomic E-state index is -0.721. The molecule has 0 aliphatic carbocycles. The number of aryl methyl sites for hydroxylation is 1. The molecule has 0 saturated heterocycles. The first-order valence-electron chi connectivity index (χ1n) is 5.40. The van der Waals surface area contributed by atoms with Crippen LogP contribution in [0.15, 0.2) is 18.2 Å². The fraction of sp³-hybridized carbons (Fsp3) is 0.417. The van der Waals surface area contributed by atoms with Crippen LogP contribution in [0.25, 0.3) is 0 Å². The fourth-order valence-corrected chi connectivity index (χ4v) is 1.37. The molecule has 5 nitrogen and oxygen atoms in total. The van der Waals surface area contributed by atoms with Crippen molar-refractivity contribution in [3.05, 3.63) is 33.9 Å². The number of nitro benzene ring substituents is 1. The first kappa shape index (κ1) is 14.4. The van der Waals surface area contributed by atoms with Gasteiger partial charge in [0.2, 0.25) is 5.91 Å². The van der Waals surface area contributed by atoms with Gasteiger partial charge >= 0.3 is 0 Å². The van der Waals surface area contributed by atoms with Crippen molar-refractivity contribution in [2.24, 2.45) is 5.41 Å². The number of nitro groups is 1. The fourth-order valence-electron chi connectivity index (χ4n) is 1.24. The Labute approximate surface area is 110 Å². The molecule has 0 bridgehead atoms. The Morgan fingerprint density at radius 1 is 1.50 bits per heavy atom. The predicted octanol–water partition coefficient (Wildman–Crippen LogP) is 3.11. The molecule has 0 heterocycles. The Hall–Kier alpha value is -1.62. The molecule has 0 aliphatic heterocycles. The normalized spacial score (nSPS) is 11.1. The average molecular weight is 271 g/mol. The number of hydrogen-bond donors (Lipinski definition) is 1. The maximum Gasteiger partial charge on any atom is 0.274 e. The van der Waals surface area contributed by atoms with Gasteiger partial charge in [0.15, 0.2) is 0 Å². The summed E-state index contributed by atoms with van der Waals surface area (Å²) in [5.74, 6) is -0.0945. The lowest BCUT2D eigenvalue weighted by Gasteiger charge is -2.20. The lowest BCUT2D eigenvalue weighted by atomic mass is 9.95. The van der Waals surface area contributed by atoms with Crippen molar-refractivity contribution in [3.8, 4) is 0 Å². The maximum atomic E-state index is 11.9. The molecular weight excluding hydrogens is 256 g/mol. The summed E-state index contributed by atoms with van der Waals surface area (Å²) in [6.45, 7) is 5.06. The van der Waals surface area contributed by atoms with E-state index in [9.17, 15) is 14.9 Å². The minimum absolute atomic E-state index is 0.0171. The molecular formula is C12H15ClN2O3. The van der Waals surface area contributed by atoms with Gasteiger partial charge in [0.25, 0.3) is 5.69 Å². The second-order valence-electron chi connectivity index (χ2n) is 4.73. The van der Waals surface area contributed by atoms with Crippen LogP contribution in [0.2, 0.25) is 0 Å². The maximum absolute atomic E-state index is 11.9. The molecule has 0 radical (unpaired) electrons. The first-order valence-corrected chi connectivity index (χ1v) is 5.94. The second kappa shape index (κ2) is 5.35. The van der Waals surface area contributed by atoms with Gasteiger partial charge in [0.05, 0.1) is 10.3 Å². The van der Waals surface area contributed by atoms with Crippen molar-refractivity contribution in [1.29, 1.82) is 0 Å². The number of alkyl halides is 1. The van der Waals surface area contributed by atoms with Crippen LogP contribution in [0.5, 0.6) is 0 Å². The highest BCUT2D eigenvalue weighted by Crippen LogP contribution is 2.25. The van der Waals surface area contributed by atoms with Crippen LogP contribution in [-0.2, 0) is 4.79 Å². The van der Waals surface area contributed by atoms with E-state index in [0.717, 1.165) is 0 Å². The van der Waals surface area contributed by atoms with Crippen molar-refractivity contribution in [1.82, 2.24) is 0 Å². The van der Waals surface area contributed by atoms with Crippen LogP contribution >= 0.6 is 11.6 Å². The SMILES string of the molecule is Cc1ccc(NC(=O)C(C)(C)CCl)cc1[N+](=O)[O-]. The first-order chi connectivity index (χ1) is 8.27. The van der Waals surface area contributed by atoms with Gasteiger partial charge in [0.1, 0.15) is 0 Å². The predicted molar refractivity (Wildman–Crippen MR) is 71.0 cm³/mol. The number of nitrogens with zero attached hydrogens (tertiary/aromatic N) is 1. The molecule has 0 aromatic heterocycles. The van der Waals surface area contributed by atoms with Crippen LogP contribution in [0.1, 0.15) is 19.4 Å². The summed E-state index contributed by atoms with van der Waals surface area (Å²) in [5, 5.41) is 13.4. The van der Waals surface area contributed by atoms with E-state index in [4.69, 9.17) is 11.6 Å². The van der Waals surface area contributed by atoms with Gasteiger partial charge in [-0.15, -0.1) is 11.6 Å². The summed E-state index contributed by atoms with van der Waals surface area (Å²) in [5.41, 5.74) is 0.211. The Morgan fingerprint density at radius 3 is 2.61 bits per heavy atom. The standard InChI is InChI=1S/C12H15ClN2O3/c1-8-4-5-9(6-10(8)15(17)18)14-11(16)12(2,3)7-13/h4-6H,7H2,1-3H3,(H,14,16). The zero-order chi connectivity index (χ0) is 13.9. The van der Waals surface area contributed by atoms with Gasteiger partial charge in [0, 0.05) is 23.2 Å². The third-order valence-corrected chi connectivity index (χ3v) is 3.28. The highest BCUT2D eigenvalue weighted by Gasteiger charge is 2.26. The number of amides is 1. The molecule has 1 amide bonds. The molecule has 0 spiro atoms. The highest BCUT2D eigenvalue weighted by atomic mass is 35.5. The van der Waals surface area contributed by atoms with E-state index in [1.807, 2.05) is 0 Å². The molecule has 0 aliphatic rings. The molecule has 0 unspecified atom stereocenters. The van der Waals surface area contributed by atoms with E-state index in [1.165, 1.54) is 6.07 Å². The minimum Gasteiger partial charge on any atom is -0.325 e. The number of anilines is 1. The number of halogens is 1. The van der Waals surface area contributed by atoms with Crippen molar-refractivity contribution in [2.75, 3.05) is 11.2 Å². The number of nitrogens with one attached hydrogen (secondary N) is 1. The molecule has 0 saturated carbocycles. The number of carbonyl (C=O) groups is 1. The summed E-state index contributed by atoms with van der Waals surface area (Å²) in [6, 6.07) is 4.57. The summed E-state index contributed by atoms with van der Waals surface area (Å²) in [6.07, 6.45) is 0. The molecule has 1 aromatic rings. The molecule has 1 N–H and O–H groups in total.